The summed E-state index contributed by atoms with van der Waals surface area (Å²) >= 11 is 4.53. The monoisotopic (exact) mass is 360 g/mol. The highest BCUT2D eigenvalue weighted by molar-refractivity contribution is 9.11. The molecule has 2 aromatic heterocycles. The second-order valence-corrected chi connectivity index (χ2v) is 6.21. The van der Waals surface area contributed by atoms with Crippen LogP contribution in [0.15, 0.2) is 27.0 Å². The van der Waals surface area contributed by atoms with Crippen LogP contribution >= 0.6 is 27.3 Å². The Hall–Kier alpha value is -1.54. The van der Waals surface area contributed by atoms with Gasteiger partial charge in [-0.2, -0.15) is 4.39 Å². The van der Waals surface area contributed by atoms with E-state index in [0.717, 1.165) is 14.7 Å². The van der Waals surface area contributed by atoms with Crippen LogP contribution in [0.4, 0.5) is 4.39 Å². The molecule has 8 heteroatoms. The number of hydrogen-bond donors (Lipinski definition) is 0. The van der Waals surface area contributed by atoms with Crippen molar-refractivity contribution in [3.63, 3.8) is 0 Å². The summed E-state index contributed by atoms with van der Waals surface area (Å²) in [4.78, 5) is 27.6. The molecule has 2 rings (SSSR count). The summed E-state index contributed by atoms with van der Waals surface area (Å²) in [6, 6.07) is 3.40. The lowest BCUT2D eigenvalue weighted by Crippen LogP contribution is -2.28. The van der Waals surface area contributed by atoms with Crippen LogP contribution in [0.1, 0.15) is 6.92 Å². The minimum atomic E-state index is -0.980. The molecular weight excluding hydrogens is 351 g/mol. The van der Waals surface area contributed by atoms with Crippen molar-refractivity contribution >= 4 is 33.2 Å². The van der Waals surface area contributed by atoms with Crippen LogP contribution in [0.2, 0.25) is 0 Å². The predicted molar refractivity (Wildman–Crippen MR) is 76.1 cm³/mol. The van der Waals surface area contributed by atoms with E-state index in [9.17, 15) is 14.0 Å². The average molecular weight is 361 g/mol. The number of thiophene rings is 1. The molecule has 0 saturated carbocycles. The molecule has 2 aromatic rings. The van der Waals surface area contributed by atoms with E-state index in [1.165, 1.54) is 11.3 Å². The molecule has 0 unspecified atom stereocenters. The van der Waals surface area contributed by atoms with Gasteiger partial charge in [-0.1, -0.05) is 0 Å². The highest BCUT2D eigenvalue weighted by Gasteiger charge is 2.16. The molecule has 0 aliphatic rings. The van der Waals surface area contributed by atoms with Crippen molar-refractivity contribution in [3.05, 3.63) is 38.4 Å². The van der Waals surface area contributed by atoms with Gasteiger partial charge in [-0.15, -0.1) is 11.3 Å². The predicted octanol–water partition coefficient (Wildman–Crippen LogP) is 2.44. The molecule has 2 heterocycles. The van der Waals surface area contributed by atoms with Gasteiger partial charge in [-0.25, -0.2) is 4.98 Å². The summed E-state index contributed by atoms with van der Waals surface area (Å²) in [5, 5.41) is 0. The second kappa shape index (κ2) is 6.27. The summed E-state index contributed by atoms with van der Waals surface area (Å²) in [6.45, 7) is 1.49. The molecule has 0 atom stereocenters. The molecular formula is C12H10BrFN2O3S. The first-order valence-corrected chi connectivity index (χ1v) is 7.30. The van der Waals surface area contributed by atoms with Gasteiger partial charge in [-0.05, 0) is 35.0 Å². The van der Waals surface area contributed by atoms with E-state index in [4.69, 9.17) is 4.74 Å². The Labute approximate surface area is 126 Å². The summed E-state index contributed by atoms with van der Waals surface area (Å²) in [5.41, 5.74) is -0.918. The van der Waals surface area contributed by atoms with E-state index in [0.29, 0.717) is 4.88 Å². The van der Waals surface area contributed by atoms with Crippen molar-refractivity contribution in [2.75, 3.05) is 6.61 Å². The second-order valence-electron chi connectivity index (χ2n) is 3.75. The number of carbonyl (C=O) groups excluding carboxylic acids is 1. The number of halogens is 2. The molecule has 0 amide bonds. The summed E-state index contributed by atoms with van der Waals surface area (Å²) in [6.07, 6.45) is 1.14. The first-order chi connectivity index (χ1) is 9.52. The summed E-state index contributed by atoms with van der Waals surface area (Å²) in [7, 11) is 0. The van der Waals surface area contributed by atoms with Gasteiger partial charge in [0.05, 0.1) is 21.6 Å². The average Bonchev–Trinajstić information content (AvgIpc) is 2.82. The molecule has 0 bridgehead atoms. The molecule has 0 aliphatic carbocycles. The SMILES string of the molecule is CCOC(=O)Cn1cnc(-c2ccc(Br)s2)c(F)c1=O. The highest BCUT2D eigenvalue weighted by atomic mass is 79.9. The van der Waals surface area contributed by atoms with Crippen LogP contribution < -0.4 is 5.56 Å². The molecule has 0 aromatic carbocycles. The van der Waals surface area contributed by atoms with Gasteiger partial charge in [0, 0.05) is 0 Å². The normalized spacial score (nSPS) is 10.6. The van der Waals surface area contributed by atoms with E-state index in [-0.39, 0.29) is 18.8 Å². The van der Waals surface area contributed by atoms with Gasteiger partial charge in [0.25, 0.3) is 5.56 Å². The molecule has 0 spiro atoms. The zero-order valence-electron chi connectivity index (χ0n) is 10.4. The van der Waals surface area contributed by atoms with E-state index >= 15 is 0 Å². The van der Waals surface area contributed by atoms with Gasteiger partial charge in [-0.3, -0.25) is 14.2 Å². The Morgan fingerprint density at radius 2 is 2.30 bits per heavy atom. The molecule has 5 nitrogen and oxygen atoms in total. The molecule has 0 fully saturated rings. The maximum absolute atomic E-state index is 14.0. The Morgan fingerprint density at radius 1 is 1.55 bits per heavy atom. The van der Waals surface area contributed by atoms with Crippen LogP contribution in [0.3, 0.4) is 0 Å². The largest absolute Gasteiger partial charge is 0.465 e. The van der Waals surface area contributed by atoms with Crippen LogP contribution in [0.5, 0.6) is 0 Å². The first-order valence-electron chi connectivity index (χ1n) is 5.69. The van der Waals surface area contributed by atoms with Gasteiger partial charge in [0.15, 0.2) is 0 Å². The van der Waals surface area contributed by atoms with Gasteiger partial charge in [0.2, 0.25) is 5.82 Å². The fourth-order valence-electron chi connectivity index (χ4n) is 1.54. The Morgan fingerprint density at radius 3 is 2.90 bits per heavy atom. The van der Waals surface area contributed by atoms with Gasteiger partial charge < -0.3 is 4.74 Å². The summed E-state index contributed by atoms with van der Waals surface area (Å²) in [5.74, 6) is -1.59. The van der Waals surface area contributed by atoms with Crippen molar-refractivity contribution in [2.24, 2.45) is 0 Å². The van der Waals surface area contributed by atoms with Crippen molar-refractivity contribution in [3.8, 4) is 10.6 Å². The third kappa shape index (κ3) is 3.13. The van der Waals surface area contributed by atoms with E-state index < -0.39 is 17.3 Å². The van der Waals surface area contributed by atoms with Crippen LogP contribution in [0.25, 0.3) is 10.6 Å². The topological polar surface area (TPSA) is 61.2 Å². The number of aromatic nitrogens is 2. The van der Waals surface area contributed by atoms with E-state index in [2.05, 4.69) is 20.9 Å². The van der Waals surface area contributed by atoms with Crippen LogP contribution in [-0.4, -0.2) is 22.1 Å². The standard InChI is InChI=1S/C12H10BrFN2O3S/c1-2-19-9(17)5-16-6-15-11(10(14)12(16)18)7-3-4-8(13)20-7/h3-4,6H,2,5H2,1H3. The number of carbonyl (C=O) groups is 1. The minimum absolute atomic E-state index is 0.0224. The molecule has 0 N–H and O–H groups in total. The van der Waals surface area contributed by atoms with Crippen molar-refractivity contribution in [2.45, 2.75) is 13.5 Å². The summed E-state index contributed by atoms with van der Waals surface area (Å²) < 4.78 is 20.4. The number of ether oxygens (including phenoxy) is 1. The smallest absolute Gasteiger partial charge is 0.326 e. The van der Waals surface area contributed by atoms with E-state index in [1.807, 2.05) is 0 Å². The molecule has 20 heavy (non-hydrogen) atoms. The zero-order valence-corrected chi connectivity index (χ0v) is 12.8. The third-order valence-electron chi connectivity index (χ3n) is 2.39. The van der Waals surface area contributed by atoms with Gasteiger partial charge in [0.1, 0.15) is 12.2 Å². The van der Waals surface area contributed by atoms with Gasteiger partial charge >= 0.3 is 5.97 Å². The molecule has 106 valence electrons. The highest BCUT2D eigenvalue weighted by Crippen LogP contribution is 2.30. The molecule has 0 aliphatic heterocycles. The number of nitrogens with zero attached hydrogens (tertiary/aromatic N) is 2. The van der Waals surface area contributed by atoms with Crippen molar-refractivity contribution < 1.29 is 13.9 Å². The fraction of sp³-hybridized carbons (Fsp3) is 0.250. The maximum Gasteiger partial charge on any atom is 0.326 e. The lowest BCUT2D eigenvalue weighted by Gasteiger charge is -2.06. The minimum Gasteiger partial charge on any atom is -0.465 e. The zero-order chi connectivity index (χ0) is 14.7. The Balaban J connectivity index is 2.35. The first kappa shape index (κ1) is 14.9. The van der Waals surface area contributed by atoms with Crippen molar-refractivity contribution in [1.29, 1.82) is 0 Å². The number of esters is 1. The molecule has 0 saturated heterocycles. The van der Waals surface area contributed by atoms with Crippen molar-refractivity contribution in [1.82, 2.24) is 9.55 Å². The number of rotatable bonds is 4. The van der Waals surface area contributed by atoms with Crippen LogP contribution in [0, 0.1) is 5.82 Å². The fourth-order valence-corrected chi connectivity index (χ4v) is 2.91. The van der Waals surface area contributed by atoms with E-state index in [1.54, 1.807) is 19.1 Å². The third-order valence-corrected chi connectivity index (χ3v) is 4.02. The van der Waals surface area contributed by atoms with Crippen LogP contribution in [-0.2, 0) is 16.1 Å². The quantitative estimate of drug-likeness (QED) is 0.785. The molecule has 0 radical (unpaired) electrons. The Bertz CT molecular complexity index is 698. The lowest BCUT2D eigenvalue weighted by atomic mass is 10.3. The lowest BCUT2D eigenvalue weighted by molar-refractivity contribution is -0.143. The maximum atomic E-state index is 14.0. The number of hydrogen-bond acceptors (Lipinski definition) is 5. The Kier molecular flexibility index (Phi) is 4.66.